The summed E-state index contributed by atoms with van der Waals surface area (Å²) in [6.07, 6.45) is 0. The first-order chi connectivity index (χ1) is 3.18. The minimum Gasteiger partial charge on any atom is -0.363 e. The number of hydrogen-bond donors (Lipinski definition) is 0. The van der Waals surface area contributed by atoms with Crippen LogP contribution in [0.25, 0.3) is 0 Å². The lowest BCUT2D eigenvalue weighted by atomic mass is 11.0. The summed E-state index contributed by atoms with van der Waals surface area (Å²) in [5, 5.41) is 0. The number of halogens is 1. The SMILES string of the molecule is CN(C)C(=S)SCl. The van der Waals surface area contributed by atoms with E-state index in [4.69, 9.17) is 22.9 Å². The molecule has 0 aliphatic rings. The molecule has 0 aliphatic carbocycles. The summed E-state index contributed by atoms with van der Waals surface area (Å²) >= 11 is 4.74. The summed E-state index contributed by atoms with van der Waals surface area (Å²) in [5.74, 6) is 0. The molecule has 0 bridgehead atoms. The van der Waals surface area contributed by atoms with Crippen LogP contribution in [0.4, 0.5) is 0 Å². The first kappa shape index (κ1) is 7.53. The third kappa shape index (κ3) is 3.14. The Balaban J connectivity index is 3.35. The lowest BCUT2D eigenvalue weighted by molar-refractivity contribution is 0.648. The van der Waals surface area contributed by atoms with Crippen molar-refractivity contribution >= 4 is 38.2 Å². The van der Waals surface area contributed by atoms with Crippen LogP contribution in [0, 0.1) is 0 Å². The molecule has 0 saturated carbocycles. The summed E-state index contributed by atoms with van der Waals surface area (Å²) in [7, 11) is 10.1. The molecule has 0 fully saturated rings. The molecule has 0 rings (SSSR count). The van der Waals surface area contributed by atoms with Crippen molar-refractivity contribution in [1.82, 2.24) is 4.90 Å². The third-order valence-electron chi connectivity index (χ3n) is 0.431. The molecule has 4 heteroatoms. The van der Waals surface area contributed by atoms with Crippen LogP contribution < -0.4 is 0 Å². The Kier molecular flexibility index (Phi) is 3.79. The fraction of sp³-hybridized carbons (Fsp3) is 0.667. The highest BCUT2D eigenvalue weighted by molar-refractivity contribution is 8.38. The number of nitrogens with zero attached hydrogens (tertiary/aromatic N) is 1. The molecule has 0 saturated heterocycles. The van der Waals surface area contributed by atoms with E-state index in [1.807, 2.05) is 14.1 Å². The zero-order valence-corrected chi connectivity index (χ0v) is 6.53. The highest BCUT2D eigenvalue weighted by Gasteiger charge is 1.93. The first-order valence-corrected chi connectivity index (χ1v) is 3.73. The number of rotatable bonds is 0. The van der Waals surface area contributed by atoms with E-state index in [9.17, 15) is 0 Å². The van der Waals surface area contributed by atoms with Crippen LogP contribution in [0.3, 0.4) is 0 Å². The molecule has 0 amide bonds. The Morgan fingerprint density at radius 3 is 2.14 bits per heavy atom. The van der Waals surface area contributed by atoms with Gasteiger partial charge in [0.2, 0.25) is 0 Å². The molecule has 0 spiro atoms. The van der Waals surface area contributed by atoms with Crippen LogP contribution in [-0.4, -0.2) is 23.3 Å². The molecule has 0 aromatic carbocycles. The van der Waals surface area contributed by atoms with Crippen LogP contribution in [0.1, 0.15) is 0 Å². The molecule has 0 aromatic rings. The van der Waals surface area contributed by atoms with E-state index < -0.39 is 0 Å². The van der Waals surface area contributed by atoms with E-state index in [1.165, 1.54) is 0 Å². The van der Waals surface area contributed by atoms with Crippen molar-refractivity contribution in [3.8, 4) is 0 Å². The van der Waals surface area contributed by atoms with Crippen molar-refractivity contribution in [2.75, 3.05) is 14.1 Å². The minimum absolute atomic E-state index is 0.696. The molecule has 0 radical (unpaired) electrons. The number of thiocarbonyl (C=S) groups is 1. The fourth-order valence-corrected chi connectivity index (χ4v) is 0.621. The molecular formula is C3H6ClNS2. The first-order valence-electron chi connectivity index (χ1n) is 1.68. The van der Waals surface area contributed by atoms with Crippen molar-refractivity contribution in [2.24, 2.45) is 0 Å². The van der Waals surface area contributed by atoms with Gasteiger partial charge in [-0.25, -0.2) is 0 Å². The quantitative estimate of drug-likeness (QED) is 0.491. The van der Waals surface area contributed by atoms with E-state index in [-0.39, 0.29) is 0 Å². The van der Waals surface area contributed by atoms with Crippen LogP contribution >= 0.6 is 33.9 Å². The van der Waals surface area contributed by atoms with E-state index in [0.29, 0.717) is 4.32 Å². The topological polar surface area (TPSA) is 3.24 Å². The highest BCUT2D eigenvalue weighted by atomic mass is 35.7. The van der Waals surface area contributed by atoms with Crippen molar-refractivity contribution in [1.29, 1.82) is 0 Å². The van der Waals surface area contributed by atoms with E-state index in [0.717, 1.165) is 11.0 Å². The molecule has 0 unspecified atom stereocenters. The summed E-state index contributed by atoms with van der Waals surface area (Å²) < 4.78 is 0.696. The van der Waals surface area contributed by atoms with E-state index in [1.54, 1.807) is 4.90 Å². The van der Waals surface area contributed by atoms with Gasteiger partial charge >= 0.3 is 0 Å². The molecule has 7 heavy (non-hydrogen) atoms. The molecule has 0 N–H and O–H groups in total. The van der Waals surface area contributed by atoms with Gasteiger partial charge in [-0.05, 0) is 10.7 Å². The second kappa shape index (κ2) is 3.52. The Labute approximate surface area is 57.5 Å². The Bertz CT molecular complexity index is 73.3. The molecule has 0 aliphatic heterocycles. The van der Waals surface area contributed by atoms with Crippen molar-refractivity contribution in [3.63, 3.8) is 0 Å². The zero-order valence-electron chi connectivity index (χ0n) is 4.14. The lowest BCUT2D eigenvalue weighted by Crippen LogP contribution is -2.14. The van der Waals surface area contributed by atoms with Crippen molar-refractivity contribution in [3.05, 3.63) is 0 Å². The van der Waals surface area contributed by atoms with E-state index >= 15 is 0 Å². The second-order valence-electron chi connectivity index (χ2n) is 1.24. The van der Waals surface area contributed by atoms with E-state index in [2.05, 4.69) is 0 Å². The maximum atomic E-state index is 5.28. The van der Waals surface area contributed by atoms with Gasteiger partial charge in [0.15, 0.2) is 4.32 Å². The van der Waals surface area contributed by atoms with Gasteiger partial charge in [-0.15, -0.1) is 0 Å². The average Bonchev–Trinajstić information content (AvgIpc) is 1.65. The molecule has 1 nitrogen and oxygen atoms in total. The maximum Gasteiger partial charge on any atom is 0.151 e. The van der Waals surface area contributed by atoms with Gasteiger partial charge in [0.25, 0.3) is 0 Å². The summed E-state index contributed by atoms with van der Waals surface area (Å²) in [6.45, 7) is 0. The maximum absolute atomic E-state index is 5.28. The van der Waals surface area contributed by atoms with Crippen LogP contribution in [-0.2, 0) is 0 Å². The standard InChI is InChI=1S/C3H6ClNS2/c1-5(2)3(6)7-4/h1-2H3. The van der Waals surface area contributed by atoms with Crippen LogP contribution in [0.5, 0.6) is 0 Å². The normalized spacial score (nSPS) is 8.43. The van der Waals surface area contributed by atoms with Gasteiger partial charge in [-0.2, -0.15) is 0 Å². The van der Waals surface area contributed by atoms with Gasteiger partial charge in [0, 0.05) is 25.1 Å². The second-order valence-corrected chi connectivity index (χ2v) is 2.89. The summed E-state index contributed by atoms with van der Waals surface area (Å²) in [5.41, 5.74) is 0. The largest absolute Gasteiger partial charge is 0.363 e. The van der Waals surface area contributed by atoms with Gasteiger partial charge < -0.3 is 4.90 Å². The van der Waals surface area contributed by atoms with Gasteiger partial charge in [-0.3, -0.25) is 0 Å². The van der Waals surface area contributed by atoms with Crippen molar-refractivity contribution in [2.45, 2.75) is 0 Å². The summed E-state index contributed by atoms with van der Waals surface area (Å²) in [4.78, 5) is 1.78. The predicted octanol–water partition coefficient (Wildman–Crippen LogP) is 1.72. The monoisotopic (exact) mass is 155 g/mol. The van der Waals surface area contributed by atoms with Crippen molar-refractivity contribution < 1.29 is 0 Å². The van der Waals surface area contributed by atoms with Crippen LogP contribution in [0.15, 0.2) is 0 Å². The Morgan fingerprint density at radius 1 is 1.71 bits per heavy atom. The number of hydrogen-bond acceptors (Lipinski definition) is 2. The Morgan fingerprint density at radius 2 is 2.14 bits per heavy atom. The smallest absolute Gasteiger partial charge is 0.151 e. The van der Waals surface area contributed by atoms with Gasteiger partial charge in [0.1, 0.15) is 0 Å². The minimum atomic E-state index is 0.696. The molecular weight excluding hydrogens is 150 g/mol. The van der Waals surface area contributed by atoms with Gasteiger partial charge in [0.05, 0.1) is 0 Å². The fourth-order valence-electron chi connectivity index (χ4n) is 0.0690. The molecule has 0 heterocycles. The molecule has 0 aromatic heterocycles. The molecule has 42 valence electrons. The predicted molar refractivity (Wildman–Crippen MR) is 39.7 cm³/mol. The summed E-state index contributed by atoms with van der Waals surface area (Å²) in [6, 6.07) is 0. The lowest BCUT2D eigenvalue weighted by Gasteiger charge is -2.07. The highest BCUT2D eigenvalue weighted by Crippen LogP contribution is 2.09. The van der Waals surface area contributed by atoms with Crippen LogP contribution in [0.2, 0.25) is 0 Å². The third-order valence-corrected chi connectivity index (χ3v) is 2.26. The van der Waals surface area contributed by atoms with Gasteiger partial charge in [-0.1, -0.05) is 12.2 Å². The Hall–Kier alpha value is 0.530. The average molecular weight is 156 g/mol. The molecule has 0 atom stereocenters. The zero-order chi connectivity index (χ0) is 5.86.